The maximum atomic E-state index is 9.46. The van der Waals surface area contributed by atoms with Crippen LogP contribution < -0.4 is 0 Å². The molecule has 11 heavy (non-hydrogen) atoms. The van der Waals surface area contributed by atoms with Crippen LogP contribution in [0.3, 0.4) is 0 Å². The van der Waals surface area contributed by atoms with Gasteiger partial charge in [0, 0.05) is 0 Å². The number of aliphatic hydroxyl groups is 1. The summed E-state index contributed by atoms with van der Waals surface area (Å²) in [6, 6.07) is 9.67. The van der Waals surface area contributed by atoms with Gasteiger partial charge in [0.15, 0.2) is 0 Å². The Bertz CT molecular complexity index is 193. The first-order valence-corrected chi connectivity index (χ1v) is 3.91. The van der Waals surface area contributed by atoms with Crippen molar-refractivity contribution >= 4 is 0 Å². The van der Waals surface area contributed by atoms with Crippen molar-refractivity contribution in [2.75, 3.05) is 0 Å². The fourth-order valence-electron chi connectivity index (χ4n) is 1.01. The molecule has 0 bridgehead atoms. The summed E-state index contributed by atoms with van der Waals surface area (Å²) >= 11 is 0. The SMILES string of the molecule is CC[CH]C(O)c1ccccc1. The van der Waals surface area contributed by atoms with Crippen LogP contribution in [0.4, 0.5) is 0 Å². The fourth-order valence-corrected chi connectivity index (χ4v) is 1.01. The average molecular weight is 149 g/mol. The molecular weight excluding hydrogens is 136 g/mol. The monoisotopic (exact) mass is 149 g/mol. The smallest absolute Gasteiger partial charge is 0.0821 e. The van der Waals surface area contributed by atoms with Gasteiger partial charge in [-0.05, 0) is 12.0 Å². The number of aliphatic hydroxyl groups excluding tert-OH is 1. The van der Waals surface area contributed by atoms with Crippen LogP contribution in [0, 0.1) is 6.42 Å². The Morgan fingerprint density at radius 3 is 2.55 bits per heavy atom. The van der Waals surface area contributed by atoms with E-state index in [9.17, 15) is 5.11 Å². The second kappa shape index (κ2) is 4.14. The maximum Gasteiger partial charge on any atom is 0.0821 e. The molecule has 0 aromatic heterocycles. The molecule has 1 heteroatoms. The molecule has 0 fully saturated rings. The quantitative estimate of drug-likeness (QED) is 0.699. The van der Waals surface area contributed by atoms with E-state index >= 15 is 0 Å². The number of rotatable bonds is 3. The number of hydrogen-bond donors (Lipinski definition) is 1. The Hall–Kier alpha value is -0.820. The Labute approximate surface area is 67.7 Å². The molecule has 1 aromatic carbocycles. The summed E-state index contributed by atoms with van der Waals surface area (Å²) < 4.78 is 0. The lowest BCUT2D eigenvalue weighted by Gasteiger charge is -2.07. The van der Waals surface area contributed by atoms with Gasteiger partial charge < -0.3 is 5.11 Å². The molecule has 0 spiro atoms. The molecule has 0 aliphatic heterocycles. The van der Waals surface area contributed by atoms with Crippen LogP contribution in [-0.2, 0) is 0 Å². The van der Waals surface area contributed by atoms with Crippen molar-refractivity contribution in [1.82, 2.24) is 0 Å². The van der Waals surface area contributed by atoms with Crippen molar-refractivity contribution in [2.24, 2.45) is 0 Å². The molecule has 0 saturated carbocycles. The zero-order valence-electron chi connectivity index (χ0n) is 6.70. The molecule has 1 radical (unpaired) electrons. The zero-order chi connectivity index (χ0) is 8.10. The summed E-state index contributed by atoms with van der Waals surface area (Å²) in [5, 5.41) is 9.46. The molecule has 0 saturated heterocycles. The second-order valence-corrected chi connectivity index (χ2v) is 2.50. The molecule has 1 unspecified atom stereocenters. The fraction of sp³-hybridized carbons (Fsp3) is 0.300. The highest BCUT2D eigenvalue weighted by atomic mass is 16.3. The Morgan fingerprint density at radius 2 is 2.00 bits per heavy atom. The highest BCUT2D eigenvalue weighted by Gasteiger charge is 2.03. The topological polar surface area (TPSA) is 20.2 Å². The molecule has 59 valence electrons. The van der Waals surface area contributed by atoms with E-state index in [0.29, 0.717) is 0 Å². The third-order valence-corrected chi connectivity index (χ3v) is 1.60. The second-order valence-electron chi connectivity index (χ2n) is 2.50. The maximum absolute atomic E-state index is 9.46. The molecule has 0 heterocycles. The standard InChI is InChI=1S/C10H13O/c1-2-6-10(11)9-7-4-3-5-8-9/h3-8,10-11H,2H2,1H3. The van der Waals surface area contributed by atoms with Crippen LogP contribution in [-0.4, -0.2) is 5.11 Å². The van der Waals surface area contributed by atoms with Gasteiger partial charge in [0.25, 0.3) is 0 Å². The van der Waals surface area contributed by atoms with Crippen LogP contribution >= 0.6 is 0 Å². The van der Waals surface area contributed by atoms with Crippen molar-refractivity contribution in [3.05, 3.63) is 42.3 Å². The predicted molar refractivity (Wildman–Crippen MR) is 46.0 cm³/mol. The lowest BCUT2D eigenvalue weighted by atomic mass is 10.1. The van der Waals surface area contributed by atoms with Crippen molar-refractivity contribution in [2.45, 2.75) is 19.4 Å². The van der Waals surface area contributed by atoms with Gasteiger partial charge in [0.05, 0.1) is 6.10 Å². The first-order valence-electron chi connectivity index (χ1n) is 3.91. The molecule has 1 nitrogen and oxygen atoms in total. The Kier molecular flexibility index (Phi) is 3.12. The predicted octanol–water partition coefficient (Wildman–Crippen LogP) is 2.33. The van der Waals surface area contributed by atoms with Crippen LogP contribution in [0.5, 0.6) is 0 Å². The molecule has 1 N–H and O–H groups in total. The van der Waals surface area contributed by atoms with Gasteiger partial charge in [-0.15, -0.1) is 0 Å². The summed E-state index contributed by atoms with van der Waals surface area (Å²) in [6.07, 6.45) is 2.38. The molecule has 0 amide bonds. The minimum atomic E-state index is -0.402. The van der Waals surface area contributed by atoms with Crippen LogP contribution in [0.1, 0.15) is 25.0 Å². The zero-order valence-corrected chi connectivity index (χ0v) is 6.70. The summed E-state index contributed by atoms with van der Waals surface area (Å²) in [7, 11) is 0. The van der Waals surface area contributed by atoms with Crippen molar-refractivity contribution in [3.63, 3.8) is 0 Å². The molecule has 1 rings (SSSR count). The highest BCUT2D eigenvalue weighted by Crippen LogP contribution is 2.15. The summed E-state index contributed by atoms with van der Waals surface area (Å²) in [5.74, 6) is 0. The van der Waals surface area contributed by atoms with E-state index in [1.165, 1.54) is 0 Å². The Morgan fingerprint density at radius 1 is 1.36 bits per heavy atom. The van der Waals surface area contributed by atoms with Crippen molar-refractivity contribution in [1.29, 1.82) is 0 Å². The van der Waals surface area contributed by atoms with Crippen molar-refractivity contribution in [3.8, 4) is 0 Å². The molecule has 1 atom stereocenters. The third kappa shape index (κ3) is 2.35. The molecule has 1 aromatic rings. The minimum Gasteiger partial charge on any atom is -0.388 e. The van der Waals surface area contributed by atoms with Gasteiger partial charge >= 0.3 is 0 Å². The summed E-state index contributed by atoms with van der Waals surface area (Å²) in [4.78, 5) is 0. The number of hydrogen-bond acceptors (Lipinski definition) is 1. The van der Waals surface area contributed by atoms with Crippen LogP contribution in [0.15, 0.2) is 30.3 Å². The number of benzene rings is 1. The molecular formula is C10H13O. The van der Waals surface area contributed by atoms with E-state index in [4.69, 9.17) is 0 Å². The van der Waals surface area contributed by atoms with Gasteiger partial charge in [0.1, 0.15) is 0 Å². The van der Waals surface area contributed by atoms with E-state index in [1.54, 1.807) is 0 Å². The van der Waals surface area contributed by atoms with E-state index in [1.807, 2.05) is 43.7 Å². The van der Waals surface area contributed by atoms with Gasteiger partial charge in [-0.25, -0.2) is 0 Å². The molecule has 0 aliphatic rings. The Balaban J connectivity index is 2.61. The minimum absolute atomic E-state index is 0.402. The largest absolute Gasteiger partial charge is 0.388 e. The normalized spacial score (nSPS) is 12.9. The van der Waals surface area contributed by atoms with E-state index in [2.05, 4.69) is 0 Å². The lowest BCUT2D eigenvalue weighted by Crippen LogP contribution is -1.96. The van der Waals surface area contributed by atoms with E-state index in [-0.39, 0.29) is 0 Å². The van der Waals surface area contributed by atoms with E-state index < -0.39 is 6.10 Å². The van der Waals surface area contributed by atoms with Gasteiger partial charge in [-0.3, -0.25) is 0 Å². The van der Waals surface area contributed by atoms with E-state index in [0.717, 1.165) is 12.0 Å². The van der Waals surface area contributed by atoms with Gasteiger partial charge in [0.2, 0.25) is 0 Å². The summed E-state index contributed by atoms with van der Waals surface area (Å²) in [6.45, 7) is 2.02. The van der Waals surface area contributed by atoms with Gasteiger partial charge in [-0.2, -0.15) is 0 Å². The van der Waals surface area contributed by atoms with Crippen LogP contribution in [0.2, 0.25) is 0 Å². The highest BCUT2D eigenvalue weighted by molar-refractivity contribution is 5.19. The third-order valence-electron chi connectivity index (χ3n) is 1.60. The van der Waals surface area contributed by atoms with Crippen LogP contribution in [0.25, 0.3) is 0 Å². The molecule has 0 aliphatic carbocycles. The average Bonchev–Trinajstić information content (AvgIpc) is 2.07. The lowest BCUT2D eigenvalue weighted by molar-refractivity contribution is 0.208. The van der Waals surface area contributed by atoms with Gasteiger partial charge in [-0.1, -0.05) is 43.7 Å². The first kappa shape index (κ1) is 8.28. The first-order chi connectivity index (χ1) is 5.34. The van der Waals surface area contributed by atoms with Crippen molar-refractivity contribution < 1.29 is 5.11 Å². The summed E-state index contributed by atoms with van der Waals surface area (Å²) in [5.41, 5.74) is 0.967.